The van der Waals surface area contributed by atoms with Crippen molar-refractivity contribution < 1.29 is 23.1 Å². The molecule has 0 bridgehead atoms. The number of imide groups is 1. The quantitative estimate of drug-likeness (QED) is 0.154. The summed E-state index contributed by atoms with van der Waals surface area (Å²) in [7, 11) is 3.52. The number of nitrogens with zero attached hydrogens (tertiary/aromatic N) is 8. The van der Waals surface area contributed by atoms with Gasteiger partial charge < -0.3 is 29.7 Å². The Morgan fingerprint density at radius 3 is 2.47 bits per heavy atom. The van der Waals surface area contributed by atoms with Gasteiger partial charge in [-0.2, -0.15) is 10.1 Å². The molecule has 3 aromatic heterocycles. The summed E-state index contributed by atoms with van der Waals surface area (Å²) in [6.45, 7) is 5.48. The second-order valence-corrected chi connectivity index (χ2v) is 18.0. The zero-order valence-electron chi connectivity index (χ0n) is 34.8. The van der Waals surface area contributed by atoms with Gasteiger partial charge in [0.2, 0.25) is 23.5 Å². The average Bonchev–Trinajstić information content (AvgIpc) is 4.08. The fourth-order valence-corrected chi connectivity index (χ4v) is 9.86. The van der Waals surface area contributed by atoms with E-state index in [0.29, 0.717) is 65.0 Å². The highest BCUT2D eigenvalue weighted by atomic mass is 35.5. The molecule has 10 rings (SSSR count). The Kier molecular flexibility index (Phi) is 10.4. The van der Waals surface area contributed by atoms with Crippen molar-refractivity contribution in [3.05, 3.63) is 63.7 Å². The highest BCUT2D eigenvalue weighted by Crippen LogP contribution is 2.46. The minimum absolute atomic E-state index is 0.104. The molecule has 4 fully saturated rings. The van der Waals surface area contributed by atoms with Crippen LogP contribution in [-0.4, -0.2) is 105 Å². The number of halogens is 3. The molecule has 15 nitrogen and oxygen atoms in total. The van der Waals surface area contributed by atoms with Gasteiger partial charge >= 0.3 is 5.92 Å². The lowest BCUT2D eigenvalue weighted by Crippen LogP contribution is -2.47. The molecule has 0 spiro atoms. The third kappa shape index (κ3) is 7.67. The van der Waals surface area contributed by atoms with E-state index >= 15 is 8.78 Å². The molecule has 1 aliphatic carbocycles. The van der Waals surface area contributed by atoms with E-state index in [0.717, 1.165) is 87.4 Å². The number of ether oxygens (including phenoxy) is 1. The Labute approximate surface area is 361 Å². The number of piperidine rings is 2. The van der Waals surface area contributed by atoms with Gasteiger partial charge in [-0.15, -0.1) is 0 Å². The first kappa shape index (κ1) is 40.5. The highest BCUT2D eigenvalue weighted by Gasteiger charge is 2.51. The van der Waals surface area contributed by atoms with Crippen molar-refractivity contribution in [3.8, 4) is 5.75 Å². The van der Waals surface area contributed by atoms with Crippen molar-refractivity contribution in [1.82, 2.24) is 34.5 Å². The number of amides is 2. The zero-order valence-corrected chi connectivity index (χ0v) is 35.6. The third-order valence-corrected chi connectivity index (χ3v) is 13.8. The number of carbonyl (C=O) groups is 2. The molecule has 2 amide bonds. The Hall–Kier alpha value is -5.55. The van der Waals surface area contributed by atoms with Gasteiger partial charge in [-0.05, 0) is 93.3 Å². The molecule has 7 heterocycles. The lowest BCUT2D eigenvalue weighted by Gasteiger charge is -2.37. The summed E-state index contributed by atoms with van der Waals surface area (Å²) in [6.07, 6.45) is 7.19. The van der Waals surface area contributed by atoms with Crippen molar-refractivity contribution in [1.29, 1.82) is 0 Å². The van der Waals surface area contributed by atoms with Gasteiger partial charge in [0.25, 0.3) is 5.56 Å². The largest absolute Gasteiger partial charge is 0.480 e. The van der Waals surface area contributed by atoms with Gasteiger partial charge in [0, 0.05) is 81.9 Å². The van der Waals surface area contributed by atoms with Crippen molar-refractivity contribution in [2.24, 2.45) is 25.9 Å². The fraction of sp³-hybridized carbons (Fsp3) is 0.500. The molecule has 18 heteroatoms. The maximum absolute atomic E-state index is 15.2. The maximum atomic E-state index is 15.2. The van der Waals surface area contributed by atoms with E-state index < -0.39 is 30.0 Å². The van der Waals surface area contributed by atoms with Crippen LogP contribution in [0.4, 0.5) is 37.6 Å². The van der Waals surface area contributed by atoms with Crippen LogP contribution in [0.2, 0.25) is 5.02 Å². The summed E-state index contributed by atoms with van der Waals surface area (Å²) in [5, 5.41) is 15.4. The number of nitrogens with one attached hydrogen (secondary N) is 3. The summed E-state index contributed by atoms with van der Waals surface area (Å²) < 4.78 is 39.1. The molecule has 2 aromatic carbocycles. The average molecular weight is 870 g/mol. The highest BCUT2D eigenvalue weighted by molar-refractivity contribution is 6.33. The van der Waals surface area contributed by atoms with Crippen LogP contribution < -0.4 is 36.0 Å². The lowest BCUT2D eigenvalue weighted by molar-refractivity contribution is -0.134. The summed E-state index contributed by atoms with van der Waals surface area (Å²) in [4.78, 5) is 54.0. The van der Waals surface area contributed by atoms with E-state index in [9.17, 15) is 14.4 Å². The van der Waals surface area contributed by atoms with Crippen LogP contribution in [0.1, 0.15) is 56.6 Å². The molecule has 5 aliphatic rings. The summed E-state index contributed by atoms with van der Waals surface area (Å²) in [5.74, 6) is -2.68. The first-order valence-corrected chi connectivity index (χ1v) is 22.0. The van der Waals surface area contributed by atoms with E-state index in [1.807, 2.05) is 17.8 Å². The number of fused-ring (bicyclic) bond motifs is 4. The predicted octanol–water partition coefficient (Wildman–Crippen LogP) is 5.78. The number of pyridine rings is 1. The number of carbonyl (C=O) groups excluding carboxylic acids is 2. The predicted molar refractivity (Wildman–Crippen MR) is 234 cm³/mol. The van der Waals surface area contributed by atoms with E-state index in [1.165, 1.54) is 4.57 Å². The smallest absolute Gasteiger partial charge is 0.301 e. The summed E-state index contributed by atoms with van der Waals surface area (Å²) >= 11 is 6.62. The summed E-state index contributed by atoms with van der Waals surface area (Å²) in [6, 6.07) is 10.6. The van der Waals surface area contributed by atoms with Gasteiger partial charge in [-0.1, -0.05) is 11.6 Å². The van der Waals surface area contributed by atoms with Crippen molar-refractivity contribution in [3.63, 3.8) is 0 Å². The van der Waals surface area contributed by atoms with Crippen LogP contribution in [0, 0.1) is 11.8 Å². The van der Waals surface area contributed by atoms with Gasteiger partial charge in [-0.3, -0.25) is 29.3 Å². The number of alkyl halides is 2. The standard InChI is InChI=1S/C44H50ClF2N11O4/c1-54-33-9-5-27(21-31(33)37-38(42(54)61)62-24-44(46,47)39(51-37)26-3-4-26)49-40-32(45)23-48-43(52-40)58-19-17-56(18-20-58)14-11-25-12-15-57(16-13-25)28-6-7-29-34(22-28)55(2)53-36(29)30-8-10-35(59)50-41(30)60/h5-7,9,21-23,25-26,30,39,51H,3-4,8,10-20,24H2,1-2H3,(H,48,49,52)(H,50,59,60)/t30?,39-/m0/s1. The molecule has 62 heavy (non-hydrogen) atoms. The molecule has 2 atom stereocenters. The maximum Gasteiger partial charge on any atom is 0.301 e. The molecule has 1 unspecified atom stereocenters. The number of aryl methyl sites for hydroxylation is 2. The van der Waals surface area contributed by atoms with Crippen LogP contribution in [0.5, 0.6) is 5.75 Å². The first-order chi connectivity index (χ1) is 29.9. The zero-order chi connectivity index (χ0) is 42.9. The number of aromatic nitrogens is 5. The second-order valence-electron chi connectivity index (χ2n) is 17.6. The second kappa shape index (κ2) is 16.0. The number of piperazine rings is 1. The van der Waals surface area contributed by atoms with Crippen LogP contribution in [-0.2, 0) is 23.7 Å². The number of hydrogen-bond donors (Lipinski definition) is 3. The number of benzene rings is 2. The molecule has 5 aromatic rings. The molecular weight excluding hydrogens is 820 g/mol. The Morgan fingerprint density at radius 1 is 0.919 bits per heavy atom. The summed E-state index contributed by atoms with van der Waals surface area (Å²) in [5.41, 5.74) is 3.90. The molecular formula is C44H50ClF2N11O4. The van der Waals surface area contributed by atoms with Crippen LogP contribution in [0.25, 0.3) is 21.8 Å². The molecule has 1 saturated carbocycles. The van der Waals surface area contributed by atoms with Crippen LogP contribution in [0.3, 0.4) is 0 Å². The molecule has 326 valence electrons. The molecule has 0 radical (unpaired) electrons. The van der Waals surface area contributed by atoms with Crippen LogP contribution in [0.15, 0.2) is 47.4 Å². The van der Waals surface area contributed by atoms with Gasteiger partial charge in [-0.25, -0.2) is 13.8 Å². The van der Waals surface area contributed by atoms with Crippen molar-refractivity contribution >= 4 is 74.0 Å². The van der Waals surface area contributed by atoms with E-state index in [2.05, 4.69) is 53.8 Å². The van der Waals surface area contributed by atoms with Crippen molar-refractivity contribution in [2.45, 2.75) is 62.8 Å². The minimum atomic E-state index is -3.13. The van der Waals surface area contributed by atoms with Crippen LogP contribution >= 0.6 is 11.6 Å². The van der Waals surface area contributed by atoms with Gasteiger partial charge in [0.15, 0.2) is 12.4 Å². The number of rotatable bonds is 9. The molecule has 4 aliphatic heterocycles. The van der Waals surface area contributed by atoms with E-state index in [4.69, 9.17) is 26.4 Å². The van der Waals surface area contributed by atoms with Gasteiger partial charge in [0.1, 0.15) is 5.02 Å². The number of hydrogen-bond acceptors (Lipinski definition) is 12. The molecule has 3 N–H and O–H groups in total. The minimum Gasteiger partial charge on any atom is -0.480 e. The Balaban J connectivity index is 0.740. The third-order valence-electron chi connectivity index (χ3n) is 13.5. The normalized spacial score (nSPS) is 22.3. The fourth-order valence-electron chi connectivity index (χ4n) is 9.72. The Morgan fingerprint density at radius 2 is 1.71 bits per heavy atom. The van der Waals surface area contributed by atoms with E-state index in [-0.39, 0.29) is 29.2 Å². The van der Waals surface area contributed by atoms with E-state index in [1.54, 1.807) is 25.4 Å². The number of anilines is 5. The Bertz CT molecular complexity index is 2640. The topological polar surface area (TPSA) is 155 Å². The molecule has 3 saturated heterocycles. The SMILES string of the molecule is Cn1nc(C2CCC(=O)NC2=O)c2ccc(N3CCC(CCN4CCN(c5ncc(Cl)c(Nc6ccc7c(c6)c6c(c(=O)n7C)OCC(F)(F)[C@H](C7CC7)N6)n5)CC4)CC3)cc21. The van der Waals surface area contributed by atoms with Crippen molar-refractivity contribution in [2.75, 3.05) is 72.9 Å². The monoisotopic (exact) mass is 869 g/mol. The van der Waals surface area contributed by atoms with Gasteiger partial charge in [0.05, 0.1) is 40.6 Å². The first-order valence-electron chi connectivity index (χ1n) is 21.7. The lowest BCUT2D eigenvalue weighted by atomic mass is 9.92.